The lowest BCUT2D eigenvalue weighted by Gasteiger charge is -2.14. The number of benzene rings is 1. The predicted molar refractivity (Wildman–Crippen MR) is 118 cm³/mol. The molecule has 0 saturated heterocycles. The number of hydrogen-bond donors (Lipinski definition) is 3. The summed E-state index contributed by atoms with van der Waals surface area (Å²) in [4.78, 5) is 30.0. The van der Waals surface area contributed by atoms with Crippen LogP contribution in [0.1, 0.15) is 10.4 Å². The fourth-order valence-electron chi connectivity index (χ4n) is 3.04. The second-order valence-electron chi connectivity index (χ2n) is 6.34. The van der Waals surface area contributed by atoms with Crippen LogP contribution in [-0.2, 0) is 0 Å². The van der Waals surface area contributed by atoms with Crippen LogP contribution in [0.4, 0.5) is 17.2 Å². The van der Waals surface area contributed by atoms with Crippen LogP contribution in [0.25, 0.3) is 22.4 Å². The smallest absolute Gasteiger partial charge is 0.254 e. The van der Waals surface area contributed by atoms with Gasteiger partial charge in [0.1, 0.15) is 5.82 Å². The van der Waals surface area contributed by atoms with Crippen LogP contribution >= 0.6 is 11.6 Å². The van der Waals surface area contributed by atoms with Gasteiger partial charge in [-0.05, 0) is 36.4 Å². The number of anilines is 3. The number of halogens is 1. The fourth-order valence-corrected chi connectivity index (χ4v) is 3.22. The Morgan fingerprint density at radius 3 is 2.70 bits per heavy atom. The molecule has 3 heterocycles. The monoisotopic (exact) mass is 419 g/mol. The third kappa shape index (κ3) is 3.72. The molecule has 30 heavy (non-hydrogen) atoms. The molecule has 0 radical (unpaired) electrons. The molecule has 150 valence electrons. The topological polar surface area (TPSA) is 105 Å². The van der Waals surface area contributed by atoms with Gasteiger partial charge in [-0.2, -0.15) is 0 Å². The van der Waals surface area contributed by atoms with Gasteiger partial charge in [-0.1, -0.05) is 11.6 Å². The maximum absolute atomic E-state index is 12.2. The van der Waals surface area contributed by atoms with Gasteiger partial charge in [0.05, 0.1) is 16.6 Å². The number of fused-ring (bicyclic) bond motifs is 1. The van der Waals surface area contributed by atoms with Crippen molar-refractivity contribution in [2.45, 2.75) is 0 Å². The lowest BCUT2D eigenvalue weighted by Crippen LogP contribution is -2.19. The van der Waals surface area contributed by atoms with Crippen molar-refractivity contribution in [2.24, 2.45) is 0 Å². The first kappa shape index (κ1) is 19.5. The van der Waals surface area contributed by atoms with Crippen molar-refractivity contribution in [1.82, 2.24) is 25.3 Å². The molecular weight excluding hydrogens is 402 g/mol. The zero-order valence-electron chi connectivity index (χ0n) is 16.3. The predicted octanol–water partition coefficient (Wildman–Crippen LogP) is 3.89. The standard InChI is InChI=1S/C21H18ClN7O/c1-23-16-6-5-12(22)10-14(16)20-28-18-13(4-3-8-26-18)19(29-20)27-17-7-9-25-11-15(17)21(30)24-2/h3-11,23H,1-2H3,(H,24,30)(H,25,26,27,28,29). The molecule has 0 spiro atoms. The Morgan fingerprint density at radius 1 is 1.03 bits per heavy atom. The van der Waals surface area contributed by atoms with E-state index in [1.807, 2.05) is 19.2 Å². The number of nitrogens with zero attached hydrogens (tertiary/aromatic N) is 4. The highest BCUT2D eigenvalue weighted by molar-refractivity contribution is 6.31. The summed E-state index contributed by atoms with van der Waals surface area (Å²) in [6.45, 7) is 0. The SMILES string of the molecule is CNC(=O)c1cnccc1Nc1nc(-c2cc(Cl)ccc2NC)nc2ncccc12. The quantitative estimate of drug-likeness (QED) is 0.450. The molecule has 8 nitrogen and oxygen atoms in total. The highest BCUT2D eigenvalue weighted by atomic mass is 35.5. The number of carbonyl (C=O) groups is 1. The van der Waals surface area contributed by atoms with Crippen molar-refractivity contribution in [3.05, 3.63) is 65.6 Å². The highest BCUT2D eigenvalue weighted by Crippen LogP contribution is 2.32. The van der Waals surface area contributed by atoms with Crippen LogP contribution < -0.4 is 16.0 Å². The minimum absolute atomic E-state index is 0.255. The molecule has 4 rings (SSSR count). The first-order valence-corrected chi connectivity index (χ1v) is 9.52. The number of amides is 1. The number of aromatic nitrogens is 4. The summed E-state index contributed by atoms with van der Waals surface area (Å²) in [6, 6.07) is 10.8. The average Bonchev–Trinajstić information content (AvgIpc) is 2.78. The van der Waals surface area contributed by atoms with Crippen molar-refractivity contribution >= 4 is 45.7 Å². The van der Waals surface area contributed by atoms with Crippen LogP contribution in [0.2, 0.25) is 5.02 Å². The molecule has 0 aliphatic carbocycles. The number of nitrogens with one attached hydrogen (secondary N) is 3. The van der Waals surface area contributed by atoms with E-state index in [1.165, 1.54) is 6.20 Å². The molecule has 3 N–H and O–H groups in total. The van der Waals surface area contributed by atoms with E-state index in [0.29, 0.717) is 38.9 Å². The summed E-state index contributed by atoms with van der Waals surface area (Å²) in [7, 11) is 3.39. The second kappa shape index (κ2) is 8.30. The Balaban J connectivity index is 1.90. The zero-order chi connectivity index (χ0) is 21.1. The van der Waals surface area contributed by atoms with Crippen molar-refractivity contribution in [3.8, 4) is 11.4 Å². The zero-order valence-corrected chi connectivity index (χ0v) is 17.0. The van der Waals surface area contributed by atoms with E-state index in [4.69, 9.17) is 16.6 Å². The first-order valence-electron chi connectivity index (χ1n) is 9.14. The molecule has 1 aromatic carbocycles. The molecule has 0 atom stereocenters. The lowest BCUT2D eigenvalue weighted by molar-refractivity contribution is 0.0963. The lowest BCUT2D eigenvalue weighted by atomic mass is 10.1. The van der Waals surface area contributed by atoms with Gasteiger partial charge in [0.2, 0.25) is 0 Å². The van der Waals surface area contributed by atoms with Gasteiger partial charge in [0.25, 0.3) is 5.91 Å². The molecule has 0 aliphatic rings. The van der Waals surface area contributed by atoms with Crippen LogP contribution in [-0.4, -0.2) is 39.9 Å². The molecule has 4 aromatic rings. The fraction of sp³-hybridized carbons (Fsp3) is 0.0952. The third-order valence-electron chi connectivity index (χ3n) is 4.51. The van der Waals surface area contributed by atoms with Gasteiger partial charge in [-0.25, -0.2) is 15.0 Å². The summed E-state index contributed by atoms with van der Waals surface area (Å²) < 4.78 is 0. The molecule has 0 unspecified atom stereocenters. The van der Waals surface area contributed by atoms with Gasteiger partial charge < -0.3 is 16.0 Å². The van der Waals surface area contributed by atoms with Gasteiger partial charge in [0, 0.05) is 49.0 Å². The third-order valence-corrected chi connectivity index (χ3v) is 4.74. The van der Waals surface area contributed by atoms with Crippen molar-refractivity contribution < 1.29 is 4.79 Å². The molecule has 0 saturated carbocycles. The van der Waals surface area contributed by atoms with E-state index in [9.17, 15) is 4.79 Å². The van der Waals surface area contributed by atoms with Crippen LogP contribution in [0.3, 0.4) is 0 Å². The molecular formula is C21H18ClN7O. The number of pyridine rings is 2. The van der Waals surface area contributed by atoms with Crippen molar-refractivity contribution in [1.29, 1.82) is 0 Å². The molecule has 0 aliphatic heterocycles. The number of carbonyl (C=O) groups excluding carboxylic acids is 1. The minimum Gasteiger partial charge on any atom is -0.388 e. The van der Waals surface area contributed by atoms with E-state index in [2.05, 4.69) is 30.9 Å². The van der Waals surface area contributed by atoms with Crippen LogP contribution in [0.15, 0.2) is 55.0 Å². The van der Waals surface area contributed by atoms with E-state index in [-0.39, 0.29) is 5.91 Å². The Kier molecular flexibility index (Phi) is 5.40. The number of hydrogen-bond acceptors (Lipinski definition) is 7. The largest absolute Gasteiger partial charge is 0.388 e. The summed E-state index contributed by atoms with van der Waals surface area (Å²) in [5.41, 5.74) is 3.05. The van der Waals surface area contributed by atoms with Crippen molar-refractivity contribution in [3.63, 3.8) is 0 Å². The summed E-state index contributed by atoms with van der Waals surface area (Å²) in [5.74, 6) is 0.710. The summed E-state index contributed by atoms with van der Waals surface area (Å²) in [6.07, 6.45) is 4.77. The molecule has 9 heteroatoms. The Bertz CT molecular complexity index is 1250. The average molecular weight is 420 g/mol. The van der Waals surface area contributed by atoms with E-state index in [0.717, 1.165) is 11.3 Å². The first-order chi connectivity index (χ1) is 14.6. The minimum atomic E-state index is -0.255. The van der Waals surface area contributed by atoms with E-state index >= 15 is 0 Å². The van der Waals surface area contributed by atoms with Gasteiger partial charge in [0.15, 0.2) is 11.5 Å². The molecule has 1 amide bonds. The second-order valence-corrected chi connectivity index (χ2v) is 6.77. The Labute approximate surface area is 177 Å². The van der Waals surface area contributed by atoms with E-state index in [1.54, 1.807) is 43.7 Å². The van der Waals surface area contributed by atoms with Gasteiger partial charge >= 0.3 is 0 Å². The molecule has 3 aromatic heterocycles. The van der Waals surface area contributed by atoms with Gasteiger partial charge in [-0.3, -0.25) is 9.78 Å². The normalized spacial score (nSPS) is 10.6. The molecule has 0 fully saturated rings. The Morgan fingerprint density at radius 2 is 1.90 bits per heavy atom. The highest BCUT2D eigenvalue weighted by Gasteiger charge is 2.16. The molecule has 0 bridgehead atoms. The maximum Gasteiger partial charge on any atom is 0.254 e. The maximum atomic E-state index is 12.2. The summed E-state index contributed by atoms with van der Waals surface area (Å²) >= 11 is 6.22. The van der Waals surface area contributed by atoms with Crippen LogP contribution in [0, 0.1) is 0 Å². The van der Waals surface area contributed by atoms with Crippen molar-refractivity contribution in [2.75, 3.05) is 24.7 Å². The number of rotatable bonds is 5. The van der Waals surface area contributed by atoms with Crippen LogP contribution in [0.5, 0.6) is 0 Å². The van der Waals surface area contributed by atoms with E-state index < -0.39 is 0 Å². The summed E-state index contributed by atoms with van der Waals surface area (Å²) in [5, 5.41) is 10.3. The van der Waals surface area contributed by atoms with Gasteiger partial charge in [-0.15, -0.1) is 0 Å². The Hall–Kier alpha value is -3.78.